The average molecular weight is 444 g/mol. The molecule has 0 saturated heterocycles. The molecule has 0 spiro atoms. The van der Waals surface area contributed by atoms with Gasteiger partial charge in [0.15, 0.2) is 0 Å². The number of benzene rings is 2. The Labute approximate surface area is 182 Å². The Bertz CT molecular complexity index is 1090. The van der Waals surface area contributed by atoms with Gasteiger partial charge >= 0.3 is 0 Å². The number of carbonyl (C=O) groups is 2. The Kier molecular flexibility index (Phi) is 5.81. The van der Waals surface area contributed by atoms with Crippen molar-refractivity contribution in [3.8, 4) is 0 Å². The van der Waals surface area contributed by atoms with E-state index in [2.05, 4.69) is 0 Å². The van der Waals surface area contributed by atoms with Crippen molar-refractivity contribution in [2.75, 3.05) is 0 Å². The first-order chi connectivity index (χ1) is 14.0. The minimum atomic E-state index is -0.397. The number of hydrogen-bond acceptors (Lipinski definition) is 4. The maximum atomic E-state index is 13.2. The van der Waals surface area contributed by atoms with Crippen LogP contribution in [0.25, 0.3) is 5.57 Å². The van der Waals surface area contributed by atoms with Gasteiger partial charge in [-0.15, -0.1) is 11.8 Å². The second kappa shape index (κ2) is 8.49. The Morgan fingerprint density at radius 2 is 1.72 bits per heavy atom. The lowest BCUT2D eigenvalue weighted by atomic mass is 10.1. The Morgan fingerprint density at radius 1 is 0.931 bits per heavy atom. The van der Waals surface area contributed by atoms with Crippen LogP contribution < -0.4 is 0 Å². The number of halogens is 2. The maximum Gasteiger partial charge on any atom is 0.268 e. The first kappa shape index (κ1) is 19.8. The van der Waals surface area contributed by atoms with Crippen molar-refractivity contribution in [1.82, 2.24) is 4.90 Å². The van der Waals surface area contributed by atoms with Crippen molar-refractivity contribution in [1.29, 1.82) is 0 Å². The van der Waals surface area contributed by atoms with E-state index < -0.39 is 5.91 Å². The first-order valence-corrected chi connectivity index (χ1v) is 10.5. The van der Waals surface area contributed by atoms with Gasteiger partial charge in [-0.25, -0.2) is 0 Å². The van der Waals surface area contributed by atoms with Gasteiger partial charge in [0.2, 0.25) is 0 Å². The molecule has 2 amide bonds. The van der Waals surface area contributed by atoms with Crippen LogP contribution in [-0.4, -0.2) is 16.7 Å². The SMILES string of the molecule is O=C1C(SCc2ccccc2)=C(c2ccc(Cl)cc2Cl)C(=O)N1Cc1ccco1. The number of carbonyl (C=O) groups excluding carboxylic acids is 2. The fourth-order valence-corrected chi connectivity index (χ4v) is 4.63. The number of thioether (sulfide) groups is 1. The molecule has 0 saturated carbocycles. The van der Waals surface area contributed by atoms with E-state index in [-0.39, 0.29) is 12.5 Å². The van der Waals surface area contributed by atoms with Gasteiger partial charge in [-0.05, 0) is 29.8 Å². The molecule has 4 rings (SSSR count). The molecule has 0 radical (unpaired) electrons. The van der Waals surface area contributed by atoms with Gasteiger partial charge in [0.25, 0.3) is 11.8 Å². The number of furan rings is 1. The minimum absolute atomic E-state index is 0.0643. The minimum Gasteiger partial charge on any atom is -0.467 e. The molecule has 2 heterocycles. The topological polar surface area (TPSA) is 50.5 Å². The van der Waals surface area contributed by atoms with Gasteiger partial charge in [0.1, 0.15) is 5.76 Å². The van der Waals surface area contributed by atoms with Crippen molar-refractivity contribution in [3.05, 3.63) is 98.8 Å². The predicted octanol–water partition coefficient (Wildman–Crippen LogP) is 5.80. The quantitative estimate of drug-likeness (QED) is 0.451. The summed E-state index contributed by atoms with van der Waals surface area (Å²) in [6.45, 7) is 0.0643. The molecule has 0 aliphatic carbocycles. The zero-order chi connectivity index (χ0) is 20.4. The first-order valence-electron chi connectivity index (χ1n) is 8.79. The summed E-state index contributed by atoms with van der Waals surface area (Å²) in [6.07, 6.45) is 1.51. The highest BCUT2D eigenvalue weighted by atomic mass is 35.5. The van der Waals surface area contributed by atoms with E-state index >= 15 is 0 Å². The van der Waals surface area contributed by atoms with Gasteiger partial charge in [0.05, 0.1) is 28.3 Å². The number of nitrogens with zero attached hydrogens (tertiary/aromatic N) is 1. The van der Waals surface area contributed by atoms with Gasteiger partial charge < -0.3 is 4.42 Å². The molecule has 0 N–H and O–H groups in total. The summed E-state index contributed by atoms with van der Waals surface area (Å²) in [7, 11) is 0. The molecule has 7 heteroatoms. The van der Waals surface area contributed by atoms with Crippen LogP contribution in [-0.2, 0) is 21.9 Å². The third-order valence-electron chi connectivity index (χ3n) is 4.45. The fourth-order valence-electron chi connectivity index (χ4n) is 3.05. The van der Waals surface area contributed by atoms with Crippen molar-refractivity contribution in [2.24, 2.45) is 0 Å². The van der Waals surface area contributed by atoms with E-state index in [4.69, 9.17) is 27.6 Å². The smallest absolute Gasteiger partial charge is 0.268 e. The van der Waals surface area contributed by atoms with Crippen LogP contribution in [0.5, 0.6) is 0 Å². The largest absolute Gasteiger partial charge is 0.467 e. The maximum absolute atomic E-state index is 13.2. The summed E-state index contributed by atoms with van der Waals surface area (Å²) < 4.78 is 5.32. The molecule has 2 aromatic carbocycles. The summed E-state index contributed by atoms with van der Waals surface area (Å²) in [5.41, 5.74) is 1.84. The number of amides is 2. The number of imide groups is 1. The van der Waals surface area contributed by atoms with Crippen molar-refractivity contribution < 1.29 is 14.0 Å². The average Bonchev–Trinajstić information content (AvgIpc) is 3.30. The summed E-state index contributed by atoms with van der Waals surface area (Å²) in [4.78, 5) is 27.9. The molecule has 4 nitrogen and oxygen atoms in total. The fraction of sp³-hybridized carbons (Fsp3) is 0.0909. The molecular weight excluding hydrogens is 429 g/mol. The molecule has 0 atom stereocenters. The number of hydrogen-bond donors (Lipinski definition) is 0. The second-order valence-electron chi connectivity index (χ2n) is 6.38. The Balaban J connectivity index is 1.71. The summed E-state index contributed by atoms with van der Waals surface area (Å²) >= 11 is 13.7. The van der Waals surface area contributed by atoms with Crippen molar-refractivity contribution >= 4 is 52.4 Å². The van der Waals surface area contributed by atoms with Gasteiger partial charge in [0, 0.05) is 16.3 Å². The second-order valence-corrected chi connectivity index (χ2v) is 8.21. The van der Waals surface area contributed by atoms with E-state index in [9.17, 15) is 9.59 Å². The van der Waals surface area contributed by atoms with Crippen LogP contribution >= 0.6 is 35.0 Å². The summed E-state index contributed by atoms with van der Waals surface area (Å²) in [5, 5.41) is 0.786. The summed E-state index contributed by atoms with van der Waals surface area (Å²) in [5.74, 6) is 0.334. The standard InChI is InChI=1S/C22H15Cl2NO3S/c23-15-8-9-17(18(24)11-15)19-20(29-13-14-5-2-1-3-6-14)22(27)25(21(19)26)12-16-7-4-10-28-16/h1-11H,12-13H2. The van der Waals surface area contributed by atoms with E-state index in [1.54, 1.807) is 30.3 Å². The Hall–Kier alpha value is -2.47. The van der Waals surface area contributed by atoms with Crippen LogP contribution in [0.15, 0.2) is 76.2 Å². The van der Waals surface area contributed by atoms with Crippen LogP contribution in [0, 0.1) is 0 Å². The molecule has 0 fully saturated rings. The highest BCUT2D eigenvalue weighted by Crippen LogP contribution is 2.40. The van der Waals surface area contributed by atoms with Crippen molar-refractivity contribution in [3.63, 3.8) is 0 Å². The molecule has 1 aromatic heterocycles. The van der Waals surface area contributed by atoms with Gasteiger partial charge in [-0.2, -0.15) is 0 Å². The van der Waals surface area contributed by atoms with E-state index in [0.29, 0.717) is 37.6 Å². The van der Waals surface area contributed by atoms with Crippen LogP contribution in [0.3, 0.4) is 0 Å². The van der Waals surface area contributed by atoms with Crippen LogP contribution in [0.2, 0.25) is 10.0 Å². The third kappa shape index (κ3) is 4.13. The highest BCUT2D eigenvalue weighted by Gasteiger charge is 2.40. The Morgan fingerprint density at radius 3 is 2.41 bits per heavy atom. The van der Waals surface area contributed by atoms with E-state index in [1.807, 2.05) is 30.3 Å². The zero-order valence-corrected chi connectivity index (χ0v) is 17.4. The molecule has 146 valence electrons. The molecule has 0 unspecified atom stereocenters. The normalized spacial score (nSPS) is 14.2. The highest BCUT2D eigenvalue weighted by molar-refractivity contribution is 8.03. The van der Waals surface area contributed by atoms with Gasteiger partial charge in [-0.3, -0.25) is 14.5 Å². The zero-order valence-electron chi connectivity index (χ0n) is 15.1. The molecule has 0 bridgehead atoms. The molecule has 1 aliphatic heterocycles. The van der Waals surface area contributed by atoms with Gasteiger partial charge in [-0.1, -0.05) is 59.6 Å². The van der Waals surface area contributed by atoms with Crippen LogP contribution in [0.1, 0.15) is 16.9 Å². The molecule has 1 aliphatic rings. The molecular formula is C22H15Cl2NO3S. The lowest BCUT2D eigenvalue weighted by Crippen LogP contribution is -2.30. The summed E-state index contributed by atoms with van der Waals surface area (Å²) in [6, 6.07) is 18.1. The molecule has 3 aromatic rings. The monoisotopic (exact) mass is 443 g/mol. The lowest BCUT2D eigenvalue weighted by molar-refractivity contribution is -0.137. The van der Waals surface area contributed by atoms with Crippen LogP contribution in [0.4, 0.5) is 0 Å². The van der Waals surface area contributed by atoms with Crippen molar-refractivity contribution in [2.45, 2.75) is 12.3 Å². The predicted molar refractivity (Wildman–Crippen MR) is 115 cm³/mol. The van der Waals surface area contributed by atoms with E-state index in [1.165, 1.54) is 22.9 Å². The van der Waals surface area contributed by atoms with E-state index in [0.717, 1.165) is 5.56 Å². The lowest BCUT2D eigenvalue weighted by Gasteiger charge is -2.13. The molecule has 29 heavy (non-hydrogen) atoms. The third-order valence-corrected chi connectivity index (χ3v) is 6.14. The number of rotatable bonds is 6.